The van der Waals surface area contributed by atoms with Gasteiger partial charge in [0.15, 0.2) is 5.69 Å². The third kappa shape index (κ3) is 5.69. The number of likely N-dealkylation sites (N-methyl/N-ethyl adjacent to an activating group) is 2. The summed E-state index contributed by atoms with van der Waals surface area (Å²) in [7, 11) is 1.65. The Morgan fingerprint density at radius 1 is 1.11 bits per heavy atom. The van der Waals surface area contributed by atoms with Crippen molar-refractivity contribution in [2.45, 2.75) is 70.5 Å². The van der Waals surface area contributed by atoms with Gasteiger partial charge in [-0.15, -0.1) is 0 Å². The third-order valence-electron chi connectivity index (χ3n) is 8.01. The summed E-state index contributed by atoms with van der Waals surface area (Å²) >= 11 is 0. The summed E-state index contributed by atoms with van der Waals surface area (Å²) in [6, 6.07) is 1.70. The van der Waals surface area contributed by atoms with E-state index < -0.39 is 5.54 Å². The highest BCUT2D eigenvalue weighted by Gasteiger charge is 2.46. The first-order chi connectivity index (χ1) is 16.8. The number of nitrogens with zero attached hydrogens (tertiary/aromatic N) is 5. The van der Waals surface area contributed by atoms with E-state index in [0.717, 1.165) is 71.4 Å². The third-order valence-corrected chi connectivity index (χ3v) is 8.01. The van der Waals surface area contributed by atoms with E-state index in [1.54, 1.807) is 14.0 Å². The van der Waals surface area contributed by atoms with Crippen LogP contribution in [0.5, 0.6) is 0 Å². The molecule has 10 heteroatoms. The lowest BCUT2D eigenvalue weighted by molar-refractivity contribution is -0.133. The fourth-order valence-corrected chi connectivity index (χ4v) is 5.35. The molecule has 2 aliphatic heterocycles. The molecule has 3 aliphatic rings. The van der Waals surface area contributed by atoms with Gasteiger partial charge in [-0.2, -0.15) is 5.10 Å². The van der Waals surface area contributed by atoms with E-state index in [1.807, 2.05) is 0 Å². The summed E-state index contributed by atoms with van der Waals surface area (Å²) in [5.74, 6) is -0.742. The fraction of sp³-hybridized carbons (Fsp3) is 0.760. The maximum atomic E-state index is 13.2. The maximum Gasteiger partial charge on any atom is 0.272 e. The van der Waals surface area contributed by atoms with Crippen LogP contribution in [0.15, 0.2) is 6.07 Å². The zero-order valence-corrected chi connectivity index (χ0v) is 21.5. The smallest absolute Gasteiger partial charge is 0.272 e. The molecule has 0 radical (unpaired) electrons. The van der Waals surface area contributed by atoms with Gasteiger partial charge in [0.1, 0.15) is 11.2 Å². The molecule has 1 atom stereocenters. The molecule has 10 nitrogen and oxygen atoms in total. The first-order valence-corrected chi connectivity index (χ1v) is 13.2. The number of amides is 3. The molecule has 194 valence electrons. The predicted octanol–water partition coefficient (Wildman–Crippen LogP) is 0.934. The van der Waals surface area contributed by atoms with Crippen LogP contribution in [-0.2, 0) is 11.3 Å². The van der Waals surface area contributed by atoms with Gasteiger partial charge >= 0.3 is 0 Å². The average Bonchev–Trinajstić information content (AvgIpc) is 3.30. The van der Waals surface area contributed by atoms with Gasteiger partial charge in [-0.3, -0.25) is 19.1 Å². The standard InChI is InChI=1S/C25H41N7O3/c1-4-30-13-15-31(16-14-30)12-8-11-26-22(33)20-17-21-23(34)29(3)25(2,18-32(21)28-20)24(35)27-19-9-6-5-7-10-19/h17,19H,4-16,18H2,1-3H3,(H,26,33)(H,27,35)/t25-/m1/s1. The topological polar surface area (TPSA) is 103 Å². The van der Waals surface area contributed by atoms with E-state index in [0.29, 0.717) is 12.2 Å². The summed E-state index contributed by atoms with van der Waals surface area (Å²) in [5.41, 5.74) is -0.493. The minimum atomic E-state index is -1.05. The van der Waals surface area contributed by atoms with Crippen molar-refractivity contribution in [3.63, 3.8) is 0 Å². The molecule has 0 aromatic carbocycles. The number of rotatable bonds is 8. The van der Waals surface area contributed by atoms with Crippen LogP contribution in [0.3, 0.4) is 0 Å². The summed E-state index contributed by atoms with van der Waals surface area (Å²) in [5, 5.41) is 10.5. The average molecular weight is 488 g/mol. The van der Waals surface area contributed by atoms with Gasteiger partial charge in [0.05, 0.1) is 6.54 Å². The number of hydrogen-bond donors (Lipinski definition) is 2. The molecule has 4 rings (SSSR count). The van der Waals surface area contributed by atoms with E-state index >= 15 is 0 Å². The van der Waals surface area contributed by atoms with Crippen molar-refractivity contribution in [1.29, 1.82) is 0 Å². The van der Waals surface area contributed by atoms with E-state index in [9.17, 15) is 14.4 Å². The van der Waals surface area contributed by atoms with Crippen molar-refractivity contribution in [3.8, 4) is 0 Å². The van der Waals surface area contributed by atoms with Crippen molar-refractivity contribution in [2.24, 2.45) is 0 Å². The van der Waals surface area contributed by atoms with Crippen molar-refractivity contribution >= 4 is 17.7 Å². The predicted molar refractivity (Wildman–Crippen MR) is 133 cm³/mol. The van der Waals surface area contributed by atoms with Gasteiger partial charge in [-0.05, 0) is 39.3 Å². The Hall–Kier alpha value is -2.46. The second kappa shape index (κ2) is 11.1. The van der Waals surface area contributed by atoms with Crippen LogP contribution >= 0.6 is 0 Å². The lowest BCUT2D eigenvalue weighted by Crippen LogP contribution is -2.63. The summed E-state index contributed by atoms with van der Waals surface area (Å²) in [6.07, 6.45) is 6.27. The van der Waals surface area contributed by atoms with Crippen molar-refractivity contribution in [3.05, 3.63) is 17.5 Å². The molecule has 1 aliphatic carbocycles. The van der Waals surface area contributed by atoms with Crippen LogP contribution in [0.25, 0.3) is 0 Å². The molecule has 1 saturated carbocycles. The largest absolute Gasteiger partial charge is 0.351 e. The molecule has 35 heavy (non-hydrogen) atoms. The summed E-state index contributed by atoms with van der Waals surface area (Å²) < 4.78 is 1.52. The van der Waals surface area contributed by atoms with Gasteiger partial charge in [-0.1, -0.05) is 26.2 Å². The molecule has 3 heterocycles. The maximum absolute atomic E-state index is 13.2. The lowest BCUT2D eigenvalue weighted by atomic mass is 9.92. The van der Waals surface area contributed by atoms with Crippen LogP contribution < -0.4 is 10.6 Å². The van der Waals surface area contributed by atoms with Crippen molar-refractivity contribution in [2.75, 3.05) is 52.9 Å². The lowest BCUT2D eigenvalue weighted by Gasteiger charge is -2.41. The Bertz CT molecular complexity index is 918. The monoisotopic (exact) mass is 487 g/mol. The second-order valence-corrected chi connectivity index (χ2v) is 10.4. The highest BCUT2D eigenvalue weighted by molar-refractivity contribution is 6.01. The first kappa shape index (κ1) is 25.6. The number of nitrogens with one attached hydrogen (secondary N) is 2. The minimum Gasteiger partial charge on any atom is -0.351 e. The van der Waals surface area contributed by atoms with Gasteiger partial charge in [0.2, 0.25) is 5.91 Å². The number of carbonyl (C=O) groups is 3. The number of carbonyl (C=O) groups excluding carboxylic acids is 3. The molecule has 0 unspecified atom stereocenters. The summed E-state index contributed by atoms with van der Waals surface area (Å²) in [6.45, 7) is 11.1. The van der Waals surface area contributed by atoms with Crippen LogP contribution in [0.1, 0.15) is 73.3 Å². The van der Waals surface area contributed by atoms with E-state index in [1.165, 1.54) is 22.1 Å². The molecule has 0 bridgehead atoms. The number of aromatic nitrogens is 2. The van der Waals surface area contributed by atoms with Crippen LogP contribution in [0.4, 0.5) is 0 Å². The van der Waals surface area contributed by atoms with E-state index in [-0.39, 0.29) is 36.0 Å². The molecule has 1 aromatic rings. The molecular formula is C25H41N7O3. The zero-order chi connectivity index (χ0) is 25.0. The molecule has 1 saturated heterocycles. The Balaban J connectivity index is 1.31. The first-order valence-electron chi connectivity index (χ1n) is 13.2. The number of piperazine rings is 1. The van der Waals surface area contributed by atoms with Gasteiger partial charge < -0.3 is 25.3 Å². The van der Waals surface area contributed by atoms with Crippen LogP contribution in [-0.4, -0.2) is 107 Å². The minimum absolute atomic E-state index is 0.160. The molecule has 1 aromatic heterocycles. The van der Waals surface area contributed by atoms with E-state index in [2.05, 4.69) is 32.5 Å². The van der Waals surface area contributed by atoms with Gasteiger partial charge in [0.25, 0.3) is 11.8 Å². The Morgan fingerprint density at radius 3 is 2.49 bits per heavy atom. The normalized spacial score (nSPS) is 24.3. The Morgan fingerprint density at radius 2 is 1.80 bits per heavy atom. The van der Waals surface area contributed by atoms with Crippen molar-refractivity contribution < 1.29 is 14.4 Å². The zero-order valence-electron chi connectivity index (χ0n) is 21.5. The number of fused-ring (bicyclic) bond motifs is 1. The molecule has 2 N–H and O–H groups in total. The Labute approximate surface area is 208 Å². The molecule has 2 fully saturated rings. The van der Waals surface area contributed by atoms with Crippen molar-refractivity contribution in [1.82, 2.24) is 35.1 Å². The Kier molecular flexibility index (Phi) is 8.11. The SMILES string of the molecule is CCN1CCN(CCCNC(=O)c2cc3n(n2)C[C@](C)(C(=O)NC2CCCCC2)N(C)C3=O)CC1. The van der Waals surface area contributed by atoms with Gasteiger partial charge in [-0.25, -0.2) is 0 Å². The highest BCUT2D eigenvalue weighted by atomic mass is 16.2. The van der Waals surface area contributed by atoms with Crippen LogP contribution in [0.2, 0.25) is 0 Å². The molecule has 3 amide bonds. The fourth-order valence-electron chi connectivity index (χ4n) is 5.35. The molecular weight excluding hydrogens is 446 g/mol. The van der Waals surface area contributed by atoms with Crippen LogP contribution in [0, 0.1) is 0 Å². The summed E-state index contributed by atoms with van der Waals surface area (Å²) in [4.78, 5) is 45.4. The number of hydrogen-bond acceptors (Lipinski definition) is 6. The van der Waals surface area contributed by atoms with Gasteiger partial charge in [0, 0.05) is 51.9 Å². The quantitative estimate of drug-likeness (QED) is 0.529. The van der Waals surface area contributed by atoms with E-state index in [4.69, 9.17) is 0 Å². The highest BCUT2D eigenvalue weighted by Crippen LogP contribution is 2.27. The second-order valence-electron chi connectivity index (χ2n) is 10.4. The molecule has 0 spiro atoms.